The van der Waals surface area contributed by atoms with Crippen LogP contribution in [0.5, 0.6) is 0 Å². The summed E-state index contributed by atoms with van der Waals surface area (Å²) in [7, 11) is 3.74. The lowest BCUT2D eigenvalue weighted by molar-refractivity contribution is 0.185. The molecule has 0 bridgehead atoms. The van der Waals surface area contributed by atoms with Gasteiger partial charge in [-0.25, -0.2) is 4.99 Å². The van der Waals surface area contributed by atoms with E-state index < -0.39 is 0 Å². The molecule has 0 atom stereocenters. The first-order chi connectivity index (χ1) is 12.1. The smallest absolute Gasteiger partial charge is 0.193 e. The molecule has 0 aliphatic rings. The number of fused-ring (bicyclic) bond motifs is 1. The van der Waals surface area contributed by atoms with E-state index in [1.54, 1.807) is 7.11 Å². The zero-order valence-electron chi connectivity index (χ0n) is 14.9. The number of benzene rings is 2. The zero-order chi connectivity index (χ0) is 17.8. The van der Waals surface area contributed by atoms with E-state index in [9.17, 15) is 0 Å². The molecular formula is C20H24N4O. The van der Waals surface area contributed by atoms with Gasteiger partial charge in [0.2, 0.25) is 0 Å². The van der Waals surface area contributed by atoms with Crippen molar-refractivity contribution < 1.29 is 4.74 Å². The monoisotopic (exact) mass is 336 g/mol. The molecule has 1 heterocycles. The molecule has 0 saturated carbocycles. The van der Waals surface area contributed by atoms with Crippen LogP contribution in [0.25, 0.3) is 10.9 Å². The summed E-state index contributed by atoms with van der Waals surface area (Å²) >= 11 is 0. The maximum atomic E-state index is 6.10. The van der Waals surface area contributed by atoms with Gasteiger partial charge in [-0.3, -0.25) is 0 Å². The fourth-order valence-corrected chi connectivity index (χ4v) is 3.12. The van der Waals surface area contributed by atoms with Gasteiger partial charge in [0.1, 0.15) is 0 Å². The third-order valence-electron chi connectivity index (χ3n) is 4.49. The highest BCUT2D eigenvalue weighted by Gasteiger charge is 2.10. The summed E-state index contributed by atoms with van der Waals surface area (Å²) in [5.41, 5.74) is 11.7. The first-order valence-corrected chi connectivity index (χ1v) is 8.28. The lowest BCUT2D eigenvalue weighted by atomic mass is 10.1. The predicted octanol–water partition coefficient (Wildman–Crippen LogP) is 3.56. The molecule has 25 heavy (non-hydrogen) atoms. The maximum absolute atomic E-state index is 6.10. The number of aromatic nitrogens is 1. The SMILES string of the molecule is COCc1ccccc1NC(N)=NCc1c(C)c2ccccc2n1C. The van der Waals surface area contributed by atoms with Gasteiger partial charge in [0.05, 0.1) is 13.2 Å². The molecule has 0 fully saturated rings. The quantitative estimate of drug-likeness (QED) is 0.553. The van der Waals surface area contributed by atoms with Gasteiger partial charge in [-0.15, -0.1) is 0 Å². The number of para-hydroxylation sites is 2. The van der Waals surface area contributed by atoms with Crippen LogP contribution in [-0.2, 0) is 24.9 Å². The Morgan fingerprint density at radius 2 is 1.88 bits per heavy atom. The van der Waals surface area contributed by atoms with Crippen LogP contribution in [0.3, 0.4) is 0 Å². The molecule has 0 aliphatic carbocycles. The molecule has 3 aromatic rings. The lowest BCUT2D eigenvalue weighted by Crippen LogP contribution is -2.23. The molecule has 0 saturated heterocycles. The Morgan fingerprint density at radius 1 is 1.16 bits per heavy atom. The molecule has 0 spiro atoms. The standard InChI is InChI=1S/C20H24N4O/c1-14-16-9-5-7-11-18(16)24(2)19(14)12-22-20(21)23-17-10-6-4-8-15(17)13-25-3/h4-11H,12-13H2,1-3H3,(H3,21,22,23). The van der Waals surface area contributed by atoms with Crippen molar-refractivity contribution in [3.63, 3.8) is 0 Å². The van der Waals surface area contributed by atoms with Crippen LogP contribution in [0, 0.1) is 6.92 Å². The van der Waals surface area contributed by atoms with Gasteiger partial charge in [-0.1, -0.05) is 36.4 Å². The Morgan fingerprint density at radius 3 is 2.64 bits per heavy atom. The van der Waals surface area contributed by atoms with Gasteiger partial charge < -0.3 is 20.4 Å². The third-order valence-corrected chi connectivity index (χ3v) is 4.49. The van der Waals surface area contributed by atoms with Crippen LogP contribution >= 0.6 is 0 Å². The van der Waals surface area contributed by atoms with Crippen molar-refractivity contribution in [2.24, 2.45) is 17.8 Å². The highest BCUT2D eigenvalue weighted by molar-refractivity contribution is 5.93. The molecule has 0 radical (unpaired) electrons. The van der Waals surface area contributed by atoms with Gasteiger partial charge in [0, 0.05) is 42.0 Å². The molecule has 0 amide bonds. The van der Waals surface area contributed by atoms with Crippen LogP contribution < -0.4 is 11.1 Å². The number of rotatable bonds is 5. The Bertz CT molecular complexity index is 872. The zero-order valence-corrected chi connectivity index (χ0v) is 14.9. The van der Waals surface area contributed by atoms with Crippen molar-refractivity contribution in [3.8, 4) is 0 Å². The number of guanidine groups is 1. The van der Waals surface area contributed by atoms with Crippen LogP contribution in [0.2, 0.25) is 0 Å². The van der Waals surface area contributed by atoms with Gasteiger partial charge in [-0.05, 0) is 24.6 Å². The van der Waals surface area contributed by atoms with Crippen molar-refractivity contribution >= 4 is 22.5 Å². The molecular weight excluding hydrogens is 312 g/mol. The highest BCUT2D eigenvalue weighted by atomic mass is 16.5. The Balaban J connectivity index is 1.81. The molecule has 3 rings (SSSR count). The Kier molecular flexibility index (Phi) is 5.05. The molecule has 5 nitrogen and oxygen atoms in total. The molecule has 130 valence electrons. The average Bonchev–Trinajstić information content (AvgIpc) is 2.86. The number of methoxy groups -OCH3 is 1. The molecule has 0 unspecified atom stereocenters. The summed E-state index contributed by atoms with van der Waals surface area (Å²) in [6.07, 6.45) is 0. The fourth-order valence-electron chi connectivity index (χ4n) is 3.12. The fraction of sp³-hybridized carbons (Fsp3) is 0.250. The summed E-state index contributed by atoms with van der Waals surface area (Å²) in [6.45, 7) is 3.19. The first kappa shape index (κ1) is 17.0. The second-order valence-electron chi connectivity index (χ2n) is 6.06. The van der Waals surface area contributed by atoms with Crippen molar-refractivity contribution in [1.82, 2.24) is 4.57 Å². The summed E-state index contributed by atoms with van der Waals surface area (Å²) in [6, 6.07) is 16.3. The van der Waals surface area contributed by atoms with Crippen LogP contribution in [0.15, 0.2) is 53.5 Å². The predicted molar refractivity (Wildman–Crippen MR) is 104 cm³/mol. The van der Waals surface area contributed by atoms with E-state index in [0.29, 0.717) is 19.1 Å². The van der Waals surface area contributed by atoms with E-state index in [-0.39, 0.29) is 0 Å². The van der Waals surface area contributed by atoms with Crippen LogP contribution in [-0.4, -0.2) is 17.6 Å². The second-order valence-corrected chi connectivity index (χ2v) is 6.06. The Labute approximate surface area is 148 Å². The van der Waals surface area contributed by atoms with E-state index in [1.165, 1.54) is 16.5 Å². The summed E-state index contributed by atoms with van der Waals surface area (Å²) in [4.78, 5) is 4.53. The van der Waals surface area contributed by atoms with E-state index in [1.807, 2.05) is 24.3 Å². The Hall–Kier alpha value is -2.79. The minimum atomic E-state index is 0.396. The number of aliphatic imine (C=N–C) groups is 1. The number of ether oxygens (including phenoxy) is 1. The minimum absolute atomic E-state index is 0.396. The van der Waals surface area contributed by atoms with Crippen molar-refractivity contribution in [2.45, 2.75) is 20.1 Å². The average molecular weight is 336 g/mol. The number of anilines is 1. The highest BCUT2D eigenvalue weighted by Crippen LogP contribution is 2.25. The molecule has 1 aromatic heterocycles. The van der Waals surface area contributed by atoms with E-state index in [2.05, 4.69) is 53.1 Å². The third kappa shape index (κ3) is 3.51. The van der Waals surface area contributed by atoms with E-state index >= 15 is 0 Å². The molecule has 2 aromatic carbocycles. The summed E-state index contributed by atoms with van der Waals surface area (Å²) in [5, 5.41) is 4.43. The van der Waals surface area contributed by atoms with E-state index in [4.69, 9.17) is 10.5 Å². The first-order valence-electron chi connectivity index (χ1n) is 8.28. The number of nitrogens with one attached hydrogen (secondary N) is 1. The van der Waals surface area contributed by atoms with Crippen LogP contribution in [0.4, 0.5) is 5.69 Å². The molecule has 5 heteroatoms. The number of aryl methyl sites for hydroxylation is 2. The molecule has 0 aliphatic heterocycles. The van der Waals surface area contributed by atoms with Crippen molar-refractivity contribution in [1.29, 1.82) is 0 Å². The normalized spacial score (nSPS) is 11.9. The topological polar surface area (TPSA) is 64.6 Å². The number of nitrogens with two attached hydrogens (primary N) is 1. The number of hydrogen-bond donors (Lipinski definition) is 2. The number of hydrogen-bond acceptors (Lipinski definition) is 2. The lowest BCUT2D eigenvalue weighted by Gasteiger charge is -2.11. The van der Waals surface area contributed by atoms with Gasteiger partial charge in [0.15, 0.2) is 5.96 Å². The van der Waals surface area contributed by atoms with E-state index in [0.717, 1.165) is 16.9 Å². The van der Waals surface area contributed by atoms with Crippen molar-refractivity contribution in [2.75, 3.05) is 12.4 Å². The van der Waals surface area contributed by atoms with Gasteiger partial charge >= 0.3 is 0 Å². The van der Waals surface area contributed by atoms with Gasteiger partial charge in [0.25, 0.3) is 0 Å². The second kappa shape index (κ2) is 7.40. The maximum Gasteiger partial charge on any atom is 0.193 e. The minimum Gasteiger partial charge on any atom is -0.380 e. The summed E-state index contributed by atoms with van der Waals surface area (Å²) < 4.78 is 7.40. The number of nitrogens with zero attached hydrogens (tertiary/aromatic N) is 2. The largest absolute Gasteiger partial charge is 0.380 e. The molecule has 3 N–H and O–H groups in total. The van der Waals surface area contributed by atoms with Crippen molar-refractivity contribution in [3.05, 3.63) is 65.4 Å². The van der Waals surface area contributed by atoms with Gasteiger partial charge in [-0.2, -0.15) is 0 Å². The van der Waals surface area contributed by atoms with Crippen LogP contribution in [0.1, 0.15) is 16.8 Å². The summed E-state index contributed by atoms with van der Waals surface area (Å²) in [5.74, 6) is 0.396.